The van der Waals surface area contributed by atoms with E-state index in [0.717, 1.165) is 0 Å². The standard InChI is InChI=1S/C21H19NO6/c1-12-17(19(24)28-11-13-7-9-14(27-2)10-8-13)20(25)18(23)15-5-3-4-6-16(15)21(20,26)22-12/h3-10,22,25-26H,11H2,1-2H3/t20-,21+/m0/s1. The minimum atomic E-state index is -2.45. The molecule has 0 saturated heterocycles. The number of carbonyl (C=O) groups excluding carboxylic acids is 2. The summed E-state index contributed by atoms with van der Waals surface area (Å²) in [5.74, 6) is -0.950. The van der Waals surface area contributed by atoms with Gasteiger partial charge in [-0.15, -0.1) is 0 Å². The summed E-state index contributed by atoms with van der Waals surface area (Å²) in [4.78, 5) is 25.7. The van der Waals surface area contributed by atoms with Crippen LogP contribution in [-0.4, -0.2) is 34.7 Å². The van der Waals surface area contributed by atoms with Crippen molar-refractivity contribution in [3.8, 4) is 5.75 Å². The van der Waals surface area contributed by atoms with Crippen LogP contribution in [0, 0.1) is 0 Å². The SMILES string of the molecule is COc1ccc(COC(=O)C2=C(C)N[C@@]3(O)c4ccccc4C(=O)[C@@]23O)cc1. The fourth-order valence-corrected chi connectivity index (χ4v) is 3.85. The molecule has 3 N–H and O–H groups in total. The maximum atomic E-state index is 12.9. The molecule has 144 valence electrons. The molecule has 0 fully saturated rings. The minimum Gasteiger partial charge on any atom is -0.497 e. The van der Waals surface area contributed by atoms with Gasteiger partial charge in [0.2, 0.25) is 17.1 Å². The summed E-state index contributed by atoms with van der Waals surface area (Å²) in [6.45, 7) is 1.45. The normalized spacial score (nSPS) is 25.2. The van der Waals surface area contributed by atoms with Gasteiger partial charge in [-0.1, -0.05) is 36.4 Å². The summed E-state index contributed by atoms with van der Waals surface area (Å²) in [6, 6.07) is 13.3. The topological polar surface area (TPSA) is 105 Å². The van der Waals surface area contributed by atoms with E-state index in [9.17, 15) is 19.8 Å². The number of aliphatic hydroxyl groups is 2. The summed E-state index contributed by atoms with van der Waals surface area (Å²) in [6.07, 6.45) is 0. The predicted octanol–water partition coefficient (Wildman–Crippen LogP) is 1.39. The summed E-state index contributed by atoms with van der Waals surface area (Å²) >= 11 is 0. The lowest BCUT2D eigenvalue weighted by molar-refractivity contribution is -0.148. The van der Waals surface area contributed by atoms with Gasteiger partial charge in [0.1, 0.15) is 17.9 Å². The second-order valence-electron chi connectivity index (χ2n) is 6.84. The van der Waals surface area contributed by atoms with Crippen LogP contribution in [0.5, 0.6) is 5.75 Å². The fourth-order valence-electron chi connectivity index (χ4n) is 3.85. The maximum absolute atomic E-state index is 12.9. The van der Waals surface area contributed by atoms with Crippen LogP contribution in [0.2, 0.25) is 0 Å². The molecule has 2 atom stereocenters. The fraction of sp³-hybridized carbons (Fsp3) is 0.238. The van der Waals surface area contributed by atoms with Crippen LogP contribution in [0.15, 0.2) is 59.8 Å². The molecule has 0 unspecified atom stereocenters. The average molecular weight is 381 g/mol. The predicted molar refractivity (Wildman–Crippen MR) is 98.2 cm³/mol. The van der Waals surface area contributed by atoms with E-state index in [-0.39, 0.29) is 29.0 Å². The number of carbonyl (C=O) groups is 2. The molecule has 1 aliphatic carbocycles. The summed E-state index contributed by atoms with van der Waals surface area (Å²) in [5, 5.41) is 25.0. The average Bonchev–Trinajstić information content (AvgIpc) is 3.01. The second kappa shape index (κ2) is 6.19. The van der Waals surface area contributed by atoms with E-state index in [4.69, 9.17) is 9.47 Å². The first kappa shape index (κ1) is 18.2. The van der Waals surface area contributed by atoms with Crippen LogP contribution in [-0.2, 0) is 21.9 Å². The molecule has 0 aromatic heterocycles. The van der Waals surface area contributed by atoms with Crippen molar-refractivity contribution in [2.75, 3.05) is 7.11 Å². The van der Waals surface area contributed by atoms with Crippen LogP contribution >= 0.6 is 0 Å². The number of benzene rings is 2. The van der Waals surface area contributed by atoms with Crippen molar-refractivity contribution in [2.24, 2.45) is 0 Å². The first-order valence-electron chi connectivity index (χ1n) is 8.71. The smallest absolute Gasteiger partial charge is 0.339 e. The Labute approximate surface area is 161 Å². The summed E-state index contributed by atoms with van der Waals surface area (Å²) in [5.41, 5.74) is -3.57. The van der Waals surface area contributed by atoms with Crippen molar-refractivity contribution < 1.29 is 29.3 Å². The third kappa shape index (κ3) is 2.30. The Morgan fingerprint density at radius 3 is 2.46 bits per heavy atom. The molecule has 7 nitrogen and oxygen atoms in total. The lowest BCUT2D eigenvalue weighted by Crippen LogP contribution is -2.56. The van der Waals surface area contributed by atoms with Crippen molar-refractivity contribution in [2.45, 2.75) is 24.9 Å². The van der Waals surface area contributed by atoms with Gasteiger partial charge in [-0.2, -0.15) is 0 Å². The zero-order valence-corrected chi connectivity index (χ0v) is 15.4. The Morgan fingerprint density at radius 2 is 1.79 bits per heavy atom. The highest BCUT2D eigenvalue weighted by molar-refractivity contribution is 6.16. The zero-order chi connectivity index (χ0) is 20.1. The van der Waals surface area contributed by atoms with Crippen molar-refractivity contribution >= 4 is 11.8 Å². The van der Waals surface area contributed by atoms with E-state index in [1.807, 2.05) is 0 Å². The largest absolute Gasteiger partial charge is 0.497 e. The van der Waals surface area contributed by atoms with Gasteiger partial charge in [-0.3, -0.25) is 4.79 Å². The number of ether oxygens (including phenoxy) is 2. The molecule has 7 heteroatoms. The van der Waals surface area contributed by atoms with Crippen molar-refractivity contribution in [3.05, 3.63) is 76.5 Å². The Hall–Kier alpha value is -3.16. The molecule has 2 aromatic carbocycles. The molecule has 0 spiro atoms. The van der Waals surface area contributed by atoms with Crippen molar-refractivity contribution in [1.29, 1.82) is 0 Å². The summed E-state index contributed by atoms with van der Waals surface area (Å²) in [7, 11) is 1.55. The Balaban J connectivity index is 1.62. The number of allylic oxidation sites excluding steroid dienone is 1. The van der Waals surface area contributed by atoms with Crippen LogP contribution in [0.3, 0.4) is 0 Å². The first-order valence-corrected chi connectivity index (χ1v) is 8.71. The van der Waals surface area contributed by atoms with Gasteiger partial charge in [0.25, 0.3) is 0 Å². The molecule has 1 aliphatic heterocycles. The number of ketones is 1. The maximum Gasteiger partial charge on any atom is 0.339 e. The highest BCUT2D eigenvalue weighted by atomic mass is 16.5. The molecule has 4 rings (SSSR count). The number of nitrogens with one attached hydrogen (secondary N) is 1. The Kier molecular flexibility index (Phi) is 4.02. The number of fused-ring (bicyclic) bond motifs is 3. The van der Waals surface area contributed by atoms with Gasteiger partial charge in [0.05, 0.1) is 7.11 Å². The highest BCUT2D eigenvalue weighted by Crippen LogP contribution is 2.51. The molecule has 2 aromatic rings. The Bertz CT molecular complexity index is 1010. The van der Waals surface area contributed by atoms with Gasteiger partial charge in [-0.05, 0) is 24.6 Å². The number of rotatable bonds is 4. The van der Waals surface area contributed by atoms with E-state index in [1.54, 1.807) is 43.5 Å². The number of Topliss-reactive ketones (excluding diaryl/α,β-unsaturated/α-hetero) is 1. The van der Waals surface area contributed by atoms with Gasteiger partial charge < -0.3 is 25.0 Å². The zero-order valence-electron chi connectivity index (χ0n) is 15.4. The second-order valence-corrected chi connectivity index (χ2v) is 6.84. The molecule has 1 heterocycles. The van der Waals surface area contributed by atoms with E-state index < -0.39 is 23.1 Å². The molecule has 0 amide bonds. The quantitative estimate of drug-likeness (QED) is 0.688. The lowest BCUT2D eigenvalue weighted by atomic mass is 9.85. The molecule has 28 heavy (non-hydrogen) atoms. The van der Waals surface area contributed by atoms with Crippen LogP contribution < -0.4 is 10.1 Å². The molecule has 0 bridgehead atoms. The van der Waals surface area contributed by atoms with Gasteiger partial charge in [0, 0.05) is 16.8 Å². The van der Waals surface area contributed by atoms with E-state index in [1.165, 1.54) is 19.1 Å². The number of methoxy groups -OCH3 is 1. The summed E-state index contributed by atoms with van der Waals surface area (Å²) < 4.78 is 10.4. The minimum absolute atomic E-state index is 0.0603. The first-order chi connectivity index (χ1) is 13.3. The van der Waals surface area contributed by atoms with Crippen molar-refractivity contribution in [3.63, 3.8) is 0 Å². The van der Waals surface area contributed by atoms with Crippen LogP contribution in [0.4, 0.5) is 0 Å². The van der Waals surface area contributed by atoms with Gasteiger partial charge in [0.15, 0.2) is 0 Å². The van der Waals surface area contributed by atoms with Gasteiger partial charge >= 0.3 is 5.97 Å². The monoisotopic (exact) mass is 381 g/mol. The molecular formula is C21H19NO6. The molecule has 0 saturated carbocycles. The van der Waals surface area contributed by atoms with Crippen LogP contribution in [0.25, 0.3) is 0 Å². The lowest BCUT2D eigenvalue weighted by Gasteiger charge is -2.31. The van der Waals surface area contributed by atoms with Crippen LogP contribution in [0.1, 0.15) is 28.4 Å². The van der Waals surface area contributed by atoms with E-state index in [2.05, 4.69) is 5.32 Å². The third-order valence-electron chi connectivity index (χ3n) is 5.25. The van der Waals surface area contributed by atoms with Crippen molar-refractivity contribution in [1.82, 2.24) is 5.32 Å². The highest BCUT2D eigenvalue weighted by Gasteiger charge is 2.70. The third-order valence-corrected chi connectivity index (χ3v) is 5.25. The number of esters is 1. The van der Waals surface area contributed by atoms with E-state index >= 15 is 0 Å². The molecular weight excluding hydrogens is 362 g/mol. The Morgan fingerprint density at radius 1 is 1.11 bits per heavy atom. The number of hydrogen-bond acceptors (Lipinski definition) is 7. The van der Waals surface area contributed by atoms with E-state index in [0.29, 0.717) is 11.3 Å². The van der Waals surface area contributed by atoms with Gasteiger partial charge in [-0.25, -0.2) is 4.79 Å². The number of hydrogen-bond donors (Lipinski definition) is 3. The molecule has 0 radical (unpaired) electrons. The molecule has 2 aliphatic rings.